The molecule has 0 spiro atoms. The van der Waals surface area contributed by atoms with Crippen LogP contribution in [-0.2, 0) is 20.9 Å². The molecular weight excluding hydrogens is 453 g/mol. The number of hydrogen-bond acceptors (Lipinski definition) is 5. The molecule has 3 aromatic rings. The van der Waals surface area contributed by atoms with Gasteiger partial charge in [-0.2, -0.15) is 0 Å². The molecule has 1 N–H and O–H groups in total. The third kappa shape index (κ3) is 5.75. The molecule has 3 aromatic carbocycles. The first-order valence-electron chi connectivity index (χ1n) is 10.9. The van der Waals surface area contributed by atoms with Gasteiger partial charge in [0, 0.05) is 18.3 Å². The summed E-state index contributed by atoms with van der Waals surface area (Å²) in [5.74, 6) is -0.582. The molecule has 0 radical (unpaired) electrons. The normalized spacial score (nSPS) is 12.4. The lowest BCUT2D eigenvalue weighted by molar-refractivity contribution is -0.125. The van der Waals surface area contributed by atoms with Crippen LogP contribution in [0.15, 0.2) is 72.8 Å². The van der Waals surface area contributed by atoms with Gasteiger partial charge in [-0.3, -0.25) is 19.3 Å². The molecule has 8 nitrogen and oxygen atoms in total. The van der Waals surface area contributed by atoms with Gasteiger partial charge in [-0.1, -0.05) is 30.3 Å². The van der Waals surface area contributed by atoms with Gasteiger partial charge in [0.1, 0.15) is 30.4 Å². The Hall–Kier alpha value is -4.40. The number of nitrogens with one attached hydrogen (secondary N) is 1. The fourth-order valence-electron chi connectivity index (χ4n) is 3.65. The van der Waals surface area contributed by atoms with Gasteiger partial charge in [-0.25, -0.2) is 4.39 Å². The van der Waals surface area contributed by atoms with Gasteiger partial charge >= 0.3 is 0 Å². The van der Waals surface area contributed by atoms with Gasteiger partial charge in [0.25, 0.3) is 5.91 Å². The molecule has 0 saturated heterocycles. The summed E-state index contributed by atoms with van der Waals surface area (Å²) < 4.78 is 23.8. The first-order valence-corrected chi connectivity index (χ1v) is 10.9. The predicted octanol–water partition coefficient (Wildman–Crippen LogP) is 2.91. The molecule has 0 saturated carbocycles. The molecule has 9 heteroatoms. The maximum Gasteiger partial charge on any atom is 0.265 e. The molecule has 1 aliphatic heterocycles. The monoisotopic (exact) mass is 477 g/mol. The molecular formula is C26H24FN3O5. The highest BCUT2D eigenvalue weighted by molar-refractivity contribution is 6.07. The molecule has 1 heterocycles. The van der Waals surface area contributed by atoms with E-state index in [2.05, 4.69) is 5.32 Å². The third-order valence-electron chi connectivity index (χ3n) is 5.47. The van der Waals surface area contributed by atoms with E-state index in [1.807, 2.05) is 0 Å². The zero-order valence-corrected chi connectivity index (χ0v) is 19.1. The van der Waals surface area contributed by atoms with Gasteiger partial charge in [-0.05, 0) is 42.0 Å². The average Bonchev–Trinajstić information content (AvgIpc) is 2.88. The number of carbonyl (C=O) groups excluding carboxylic acids is 3. The van der Waals surface area contributed by atoms with Crippen LogP contribution in [0.3, 0.4) is 0 Å². The van der Waals surface area contributed by atoms with E-state index in [1.54, 1.807) is 60.7 Å². The quantitative estimate of drug-likeness (QED) is 0.539. The van der Waals surface area contributed by atoms with Crippen molar-refractivity contribution >= 4 is 29.1 Å². The van der Waals surface area contributed by atoms with Crippen molar-refractivity contribution in [2.45, 2.75) is 6.54 Å². The number of nitrogens with zero attached hydrogens (tertiary/aromatic N) is 2. The molecule has 1 aliphatic rings. The number of amides is 3. The van der Waals surface area contributed by atoms with Crippen LogP contribution in [0.1, 0.15) is 5.56 Å². The Morgan fingerprint density at radius 3 is 2.63 bits per heavy atom. The van der Waals surface area contributed by atoms with Crippen molar-refractivity contribution in [2.75, 3.05) is 36.6 Å². The lowest BCUT2D eigenvalue weighted by atomic mass is 10.2. The molecule has 180 valence electrons. The summed E-state index contributed by atoms with van der Waals surface area (Å²) in [4.78, 5) is 41.4. The van der Waals surface area contributed by atoms with Gasteiger partial charge in [0.2, 0.25) is 11.8 Å². The van der Waals surface area contributed by atoms with E-state index in [-0.39, 0.29) is 38.0 Å². The number of carbonyl (C=O) groups is 3. The summed E-state index contributed by atoms with van der Waals surface area (Å²) in [5.41, 5.74) is 1.65. The van der Waals surface area contributed by atoms with Crippen molar-refractivity contribution in [1.29, 1.82) is 0 Å². The van der Waals surface area contributed by atoms with Crippen molar-refractivity contribution in [1.82, 2.24) is 5.32 Å². The standard InChI is InChI=1S/C26H24FN3O5/c1-34-21-6-4-5-20(13-21)29(15-24(31)28-14-18-9-11-19(27)12-10-18)25(32)16-30-22-7-2-3-8-23(22)35-17-26(30)33/h2-13H,14-17H2,1H3,(H,28,31). The molecule has 0 atom stereocenters. The minimum absolute atomic E-state index is 0.175. The number of hydrogen-bond donors (Lipinski definition) is 1. The number of rotatable bonds is 8. The van der Waals surface area contributed by atoms with E-state index < -0.39 is 11.8 Å². The van der Waals surface area contributed by atoms with Crippen molar-refractivity contribution in [3.63, 3.8) is 0 Å². The summed E-state index contributed by atoms with van der Waals surface area (Å²) in [5, 5.41) is 2.74. The summed E-state index contributed by atoms with van der Waals surface area (Å²) in [6.45, 7) is -0.564. The molecule has 0 bridgehead atoms. The highest BCUT2D eigenvalue weighted by Gasteiger charge is 2.30. The Kier molecular flexibility index (Phi) is 7.25. The number of fused-ring (bicyclic) bond motifs is 1. The molecule has 0 aromatic heterocycles. The first-order chi connectivity index (χ1) is 16.9. The van der Waals surface area contributed by atoms with Crippen molar-refractivity contribution in [2.24, 2.45) is 0 Å². The summed E-state index contributed by atoms with van der Waals surface area (Å²) in [6.07, 6.45) is 0. The topological polar surface area (TPSA) is 88.2 Å². The Labute approximate surface area is 201 Å². The van der Waals surface area contributed by atoms with E-state index in [0.29, 0.717) is 22.9 Å². The second kappa shape index (κ2) is 10.7. The van der Waals surface area contributed by atoms with Crippen LogP contribution in [0.4, 0.5) is 15.8 Å². The van der Waals surface area contributed by atoms with E-state index in [9.17, 15) is 18.8 Å². The summed E-state index contributed by atoms with van der Waals surface area (Å²) >= 11 is 0. The molecule has 3 amide bonds. The highest BCUT2D eigenvalue weighted by Crippen LogP contribution is 2.31. The van der Waals surface area contributed by atoms with Crippen LogP contribution >= 0.6 is 0 Å². The second-order valence-electron chi connectivity index (χ2n) is 7.82. The summed E-state index contributed by atoms with van der Waals surface area (Å²) in [7, 11) is 1.50. The first kappa shape index (κ1) is 23.7. The fourth-order valence-corrected chi connectivity index (χ4v) is 3.65. The van der Waals surface area contributed by atoms with Crippen LogP contribution in [0.2, 0.25) is 0 Å². The zero-order valence-electron chi connectivity index (χ0n) is 19.1. The number of methoxy groups -OCH3 is 1. The van der Waals surface area contributed by atoms with E-state index >= 15 is 0 Å². The third-order valence-corrected chi connectivity index (χ3v) is 5.47. The second-order valence-corrected chi connectivity index (χ2v) is 7.82. The van der Waals surface area contributed by atoms with Crippen LogP contribution in [0.5, 0.6) is 11.5 Å². The predicted molar refractivity (Wildman–Crippen MR) is 128 cm³/mol. The Balaban J connectivity index is 1.53. The smallest absolute Gasteiger partial charge is 0.265 e. The van der Waals surface area contributed by atoms with Crippen LogP contribution in [0, 0.1) is 5.82 Å². The number of para-hydroxylation sites is 2. The molecule has 0 aliphatic carbocycles. The van der Waals surface area contributed by atoms with Gasteiger partial charge in [-0.15, -0.1) is 0 Å². The number of halogens is 1. The maximum absolute atomic E-state index is 13.4. The minimum atomic E-state index is -0.458. The van der Waals surface area contributed by atoms with Gasteiger partial charge in [0.15, 0.2) is 6.61 Å². The molecule has 4 rings (SSSR count). The largest absolute Gasteiger partial charge is 0.497 e. The Morgan fingerprint density at radius 1 is 1.09 bits per heavy atom. The van der Waals surface area contributed by atoms with Crippen LogP contribution < -0.4 is 24.6 Å². The fraction of sp³-hybridized carbons (Fsp3) is 0.192. The van der Waals surface area contributed by atoms with Crippen molar-refractivity contribution in [3.05, 3.63) is 84.2 Å². The van der Waals surface area contributed by atoms with Gasteiger partial charge < -0.3 is 19.7 Å². The highest BCUT2D eigenvalue weighted by atomic mass is 19.1. The molecule has 0 unspecified atom stereocenters. The zero-order chi connectivity index (χ0) is 24.8. The average molecular weight is 477 g/mol. The SMILES string of the molecule is COc1cccc(N(CC(=O)NCc2ccc(F)cc2)C(=O)CN2C(=O)COc3ccccc32)c1. The molecule has 35 heavy (non-hydrogen) atoms. The number of ether oxygens (including phenoxy) is 2. The van der Waals surface area contributed by atoms with E-state index in [1.165, 1.54) is 29.0 Å². The Bertz CT molecular complexity index is 1230. The lowest BCUT2D eigenvalue weighted by Crippen LogP contribution is -2.49. The Morgan fingerprint density at radius 2 is 1.86 bits per heavy atom. The summed E-state index contributed by atoms with van der Waals surface area (Å²) in [6, 6.07) is 19.5. The van der Waals surface area contributed by atoms with Crippen molar-refractivity contribution in [3.8, 4) is 11.5 Å². The molecule has 0 fully saturated rings. The van der Waals surface area contributed by atoms with Gasteiger partial charge in [0.05, 0.1) is 12.8 Å². The minimum Gasteiger partial charge on any atom is -0.497 e. The van der Waals surface area contributed by atoms with Crippen LogP contribution in [0.25, 0.3) is 0 Å². The van der Waals surface area contributed by atoms with E-state index in [4.69, 9.17) is 9.47 Å². The van der Waals surface area contributed by atoms with Crippen molar-refractivity contribution < 1.29 is 28.2 Å². The number of benzene rings is 3. The van der Waals surface area contributed by atoms with E-state index in [0.717, 1.165) is 5.56 Å². The van der Waals surface area contributed by atoms with Crippen LogP contribution in [-0.4, -0.2) is 44.5 Å². The maximum atomic E-state index is 13.4. The number of anilines is 2. The lowest BCUT2D eigenvalue weighted by Gasteiger charge is -2.31.